The zero-order chi connectivity index (χ0) is 18.5. The van der Waals surface area contributed by atoms with E-state index in [9.17, 15) is 4.79 Å². The number of hydrazone groups is 1. The highest BCUT2D eigenvalue weighted by atomic mass is 16.2. The smallest absolute Gasteiger partial charge is 0.289 e. The van der Waals surface area contributed by atoms with Crippen molar-refractivity contribution in [3.05, 3.63) is 102 Å². The third kappa shape index (κ3) is 3.77. The van der Waals surface area contributed by atoms with Gasteiger partial charge in [0.05, 0.1) is 6.21 Å². The lowest BCUT2D eigenvalue weighted by Gasteiger charge is -2.05. The molecule has 0 spiro atoms. The van der Waals surface area contributed by atoms with Crippen LogP contribution in [0.3, 0.4) is 0 Å². The van der Waals surface area contributed by atoms with Gasteiger partial charge in [-0.1, -0.05) is 54.6 Å². The molecule has 2 heterocycles. The second-order valence-corrected chi connectivity index (χ2v) is 6.13. The lowest BCUT2D eigenvalue weighted by molar-refractivity contribution is 0.0950. The Morgan fingerprint density at radius 2 is 1.78 bits per heavy atom. The summed E-state index contributed by atoms with van der Waals surface area (Å²) >= 11 is 0. The summed E-state index contributed by atoms with van der Waals surface area (Å²) in [6.07, 6.45) is 5.30. The summed E-state index contributed by atoms with van der Waals surface area (Å²) in [6.45, 7) is 0.773. The molecule has 0 aliphatic carbocycles. The van der Waals surface area contributed by atoms with Crippen LogP contribution >= 0.6 is 0 Å². The first-order chi connectivity index (χ1) is 13.3. The van der Waals surface area contributed by atoms with E-state index < -0.39 is 0 Å². The van der Waals surface area contributed by atoms with Crippen molar-refractivity contribution >= 4 is 23.0 Å². The van der Waals surface area contributed by atoms with E-state index in [1.807, 2.05) is 36.5 Å². The highest BCUT2D eigenvalue weighted by Crippen LogP contribution is 2.21. The molecule has 0 saturated carbocycles. The Kier molecular flexibility index (Phi) is 4.74. The molecular weight excluding hydrogens is 336 g/mol. The number of amides is 1. The Morgan fingerprint density at radius 1 is 1.00 bits per heavy atom. The van der Waals surface area contributed by atoms with Gasteiger partial charge in [0, 0.05) is 35.4 Å². The van der Waals surface area contributed by atoms with E-state index in [-0.39, 0.29) is 5.91 Å². The lowest BCUT2D eigenvalue weighted by Crippen LogP contribution is -2.18. The van der Waals surface area contributed by atoms with Crippen LogP contribution in [0, 0.1) is 0 Å². The van der Waals surface area contributed by atoms with E-state index >= 15 is 0 Å². The molecule has 0 aliphatic heterocycles. The molecule has 0 fully saturated rings. The minimum Gasteiger partial charge on any atom is -0.342 e. The van der Waals surface area contributed by atoms with Crippen LogP contribution in [-0.2, 0) is 6.54 Å². The number of nitrogens with zero attached hydrogens (tertiary/aromatic N) is 3. The Bertz CT molecular complexity index is 1090. The number of hydrogen-bond donors (Lipinski definition) is 1. The van der Waals surface area contributed by atoms with Gasteiger partial charge in [-0.25, -0.2) is 5.43 Å². The third-order valence-corrected chi connectivity index (χ3v) is 4.28. The fraction of sp³-hybridized carbons (Fsp3) is 0.0455. The van der Waals surface area contributed by atoms with Gasteiger partial charge in [-0.05, 0) is 23.8 Å². The molecule has 0 radical (unpaired) electrons. The van der Waals surface area contributed by atoms with Crippen molar-refractivity contribution in [1.82, 2.24) is 15.0 Å². The van der Waals surface area contributed by atoms with Crippen molar-refractivity contribution in [1.29, 1.82) is 0 Å². The summed E-state index contributed by atoms with van der Waals surface area (Å²) in [7, 11) is 0. The first kappa shape index (κ1) is 16.7. The molecule has 0 atom stereocenters. The minimum absolute atomic E-state index is 0.333. The fourth-order valence-corrected chi connectivity index (χ4v) is 3.00. The largest absolute Gasteiger partial charge is 0.342 e. The normalized spacial score (nSPS) is 11.1. The van der Waals surface area contributed by atoms with E-state index in [0.717, 1.165) is 23.0 Å². The predicted octanol–water partition coefficient (Wildman–Crippen LogP) is 3.85. The lowest BCUT2D eigenvalue weighted by atomic mass is 10.2. The van der Waals surface area contributed by atoms with Crippen LogP contribution in [0.25, 0.3) is 10.9 Å². The van der Waals surface area contributed by atoms with Crippen molar-refractivity contribution in [2.24, 2.45) is 5.10 Å². The molecule has 0 bridgehead atoms. The molecule has 5 nitrogen and oxygen atoms in total. The van der Waals surface area contributed by atoms with Gasteiger partial charge in [0.1, 0.15) is 5.69 Å². The molecule has 132 valence electrons. The molecule has 4 rings (SSSR count). The van der Waals surface area contributed by atoms with E-state index in [2.05, 4.69) is 44.3 Å². The van der Waals surface area contributed by atoms with Crippen molar-refractivity contribution < 1.29 is 4.79 Å². The van der Waals surface area contributed by atoms with Gasteiger partial charge >= 0.3 is 0 Å². The summed E-state index contributed by atoms with van der Waals surface area (Å²) in [5, 5.41) is 5.20. The van der Waals surface area contributed by atoms with E-state index in [0.29, 0.717) is 5.69 Å². The molecule has 4 aromatic rings. The van der Waals surface area contributed by atoms with E-state index in [1.165, 1.54) is 5.56 Å². The summed E-state index contributed by atoms with van der Waals surface area (Å²) in [5.74, 6) is -0.333. The first-order valence-electron chi connectivity index (χ1n) is 8.67. The molecule has 0 saturated heterocycles. The van der Waals surface area contributed by atoms with Gasteiger partial charge in [-0.2, -0.15) is 5.10 Å². The van der Waals surface area contributed by atoms with Crippen LogP contribution in [0.2, 0.25) is 0 Å². The third-order valence-electron chi connectivity index (χ3n) is 4.28. The van der Waals surface area contributed by atoms with Crippen molar-refractivity contribution in [3.63, 3.8) is 0 Å². The predicted molar refractivity (Wildman–Crippen MR) is 107 cm³/mol. The Balaban J connectivity index is 1.57. The van der Waals surface area contributed by atoms with Gasteiger partial charge in [0.2, 0.25) is 0 Å². The van der Waals surface area contributed by atoms with Gasteiger partial charge < -0.3 is 4.57 Å². The van der Waals surface area contributed by atoms with Crippen LogP contribution in [-0.4, -0.2) is 21.7 Å². The maximum Gasteiger partial charge on any atom is 0.289 e. The number of rotatable bonds is 5. The topological polar surface area (TPSA) is 59.3 Å². The van der Waals surface area contributed by atoms with Crippen LogP contribution in [0.4, 0.5) is 0 Å². The van der Waals surface area contributed by atoms with Gasteiger partial charge in [0.15, 0.2) is 0 Å². The highest BCUT2D eigenvalue weighted by Gasteiger charge is 2.08. The highest BCUT2D eigenvalue weighted by molar-refractivity contribution is 6.00. The van der Waals surface area contributed by atoms with Gasteiger partial charge in [-0.3, -0.25) is 9.78 Å². The number of fused-ring (bicyclic) bond motifs is 1. The summed E-state index contributed by atoms with van der Waals surface area (Å²) < 4.78 is 2.19. The SMILES string of the molecule is O=C(N/N=C\c1cn(Cc2ccccc2)c2ccccc12)c1ccccn1. The Labute approximate surface area is 157 Å². The van der Waals surface area contributed by atoms with Crippen LogP contribution in [0.5, 0.6) is 0 Å². The Hall–Kier alpha value is -3.73. The first-order valence-corrected chi connectivity index (χ1v) is 8.67. The van der Waals surface area contributed by atoms with Gasteiger partial charge in [0.25, 0.3) is 5.91 Å². The number of hydrogen-bond acceptors (Lipinski definition) is 3. The van der Waals surface area contributed by atoms with Crippen molar-refractivity contribution in [3.8, 4) is 0 Å². The maximum atomic E-state index is 12.1. The molecule has 27 heavy (non-hydrogen) atoms. The zero-order valence-electron chi connectivity index (χ0n) is 14.6. The molecule has 5 heteroatoms. The number of nitrogens with one attached hydrogen (secondary N) is 1. The number of carbonyl (C=O) groups is 1. The summed E-state index contributed by atoms with van der Waals surface area (Å²) in [4.78, 5) is 16.1. The molecule has 0 unspecified atom stereocenters. The molecule has 1 amide bonds. The maximum absolute atomic E-state index is 12.1. The molecular formula is C22H18N4O. The van der Waals surface area contributed by atoms with Crippen LogP contribution < -0.4 is 5.43 Å². The average molecular weight is 354 g/mol. The van der Waals surface area contributed by atoms with Crippen molar-refractivity contribution in [2.45, 2.75) is 6.54 Å². The number of benzene rings is 2. The number of para-hydroxylation sites is 1. The summed E-state index contributed by atoms with van der Waals surface area (Å²) in [5.41, 5.74) is 6.16. The zero-order valence-corrected chi connectivity index (χ0v) is 14.6. The number of pyridine rings is 1. The van der Waals surface area contributed by atoms with Gasteiger partial charge in [-0.15, -0.1) is 0 Å². The van der Waals surface area contributed by atoms with Crippen LogP contribution in [0.1, 0.15) is 21.6 Å². The number of carbonyl (C=O) groups excluding carboxylic acids is 1. The molecule has 2 aromatic carbocycles. The minimum atomic E-state index is -0.333. The second kappa shape index (κ2) is 7.66. The van der Waals surface area contributed by atoms with E-state index in [1.54, 1.807) is 30.6 Å². The molecule has 2 aromatic heterocycles. The molecule has 1 N–H and O–H groups in total. The Morgan fingerprint density at radius 3 is 2.59 bits per heavy atom. The van der Waals surface area contributed by atoms with Crippen LogP contribution in [0.15, 0.2) is 90.3 Å². The quantitative estimate of drug-likeness (QED) is 0.437. The summed E-state index contributed by atoms with van der Waals surface area (Å²) in [6, 6.07) is 23.6. The standard InChI is InChI=1S/C22H18N4O/c27-22(20-11-6-7-13-23-20)25-24-14-18-16-26(15-17-8-2-1-3-9-17)21-12-5-4-10-19(18)21/h1-14,16H,15H2,(H,25,27)/b24-14-. The average Bonchev–Trinajstić information content (AvgIpc) is 3.07. The number of aromatic nitrogens is 2. The van der Waals surface area contributed by atoms with E-state index in [4.69, 9.17) is 0 Å². The second-order valence-electron chi connectivity index (χ2n) is 6.13. The fourth-order valence-electron chi connectivity index (χ4n) is 3.00. The molecule has 0 aliphatic rings. The van der Waals surface area contributed by atoms with Crippen molar-refractivity contribution in [2.75, 3.05) is 0 Å². The monoisotopic (exact) mass is 354 g/mol.